The van der Waals surface area contributed by atoms with Crippen LogP contribution in [-0.4, -0.2) is 37.8 Å². The third kappa shape index (κ3) is 2.31. The molecule has 0 spiro atoms. The Bertz CT molecular complexity index is 410. The fourth-order valence-electron chi connectivity index (χ4n) is 1.47. The van der Waals surface area contributed by atoms with Gasteiger partial charge in [-0.15, -0.1) is 5.10 Å². The Hall–Kier alpha value is -0.790. The second-order valence-electron chi connectivity index (χ2n) is 4.11. The van der Waals surface area contributed by atoms with Crippen molar-refractivity contribution in [2.45, 2.75) is 42.3 Å². The number of aliphatic hydroxyl groups is 1. The molecule has 1 saturated carbocycles. The number of hydrogen-bond donors (Lipinski definition) is 3. The summed E-state index contributed by atoms with van der Waals surface area (Å²) in [7, 11) is 0. The van der Waals surface area contributed by atoms with Crippen LogP contribution in [0.15, 0.2) is 9.95 Å². The van der Waals surface area contributed by atoms with Crippen LogP contribution in [0.3, 0.4) is 0 Å². The zero-order chi connectivity index (χ0) is 11.7. The fraction of sp³-hybridized carbons (Fsp3) is 0.778. The van der Waals surface area contributed by atoms with Gasteiger partial charge in [0.25, 0.3) is 0 Å². The Morgan fingerprint density at radius 1 is 1.75 bits per heavy atom. The van der Waals surface area contributed by atoms with E-state index in [0.717, 1.165) is 12.8 Å². The van der Waals surface area contributed by atoms with E-state index in [0.29, 0.717) is 5.16 Å². The van der Waals surface area contributed by atoms with Gasteiger partial charge in [-0.1, -0.05) is 11.8 Å². The summed E-state index contributed by atoms with van der Waals surface area (Å²) in [5.74, 6) is 0. The minimum atomic E-state index is -0.175. The summed E-state index contributed by atoms with van der Waals surface area (Å²) in [6.07, 6.45) is 2.05. The van der Waals surface area contributed by atoms with Gasteiger partial charge in [0, 0.05) is 12.1 Å². The van der Waals surface area contributed by atoms with Crippen molar-refractivity contribution in [3.63, 3.8) is 0 Å². The van der Waals surface area contributed by atoms with Crippen molar-refractivity contribution in [1.29, 1.82) is 0 Å². The van der Waals surface area contributed by atoms with Crippen LogP contribution < -0.4 is 11.4 Å². The molecule has 2 unspecified atom stereocenters. The first-order chi connectivity index (χ1) is 7.63. The first-order valence-electron chi connectivity index (χ1n) is 5.33. The van der Waals surface area contributed by atoms with Gasteiger partial charge in [-0.3, -0.25) is 4.57 Å². The molecule has 0 bridgehead atoms. The Balaban J connectivity index is 2.17. The van der Waals surface area contributed by atoms with Crippen LogP contribution >= 0.6 is 11.8 Å². The van der Waals surface area contributed by atoms with E-state index in [1.807, 2.05) is 6.92 Å². The topological polar surface area (TPSA) is 96.9 Å². The third-order valence-corrected chi connectivity index (χ3v) is 3.99. The van der Waals surface area contributed by atoms with Crippen LogP contribution in [0.2, 0.25) is 0 Å². The van der Waals surface area contributed by atoms with Gasteiger partial charge in [0.2, 0.25) is 0 Å². The molecule has 1 heterocycles. The lowest BCUT2D eigenvalue weighted by atomic mass is 10.3. The zero-order valence-corrected chi connectivity index (χ0v) is 9.91. The number of H-pyrrole nitrogens is 1. The smallest absolute Gasteiger partial charge is 0.344 e. The predicted molar refractivity (Wildman–Crippen MR) is 61.5 cm³/mol. The SMILES string of the molecule is CC(N)C(CO)Sc1n[nH]c(=O)n1C1CC1. The number of aromatic nitrogens is 3. The third-order valence-electron chi connectivity index (χ3n) is 2.61. The molecule has 16 heavy (non-hydrogen) atoms. The minimum absolute atomic E-state index is 0.0198. The van der Waals surface area contributed by atoms with E-state index in [1.165, 1.54) is 11.8 Å². The van der Waals surface area contributed by atoms with E-state index in [2.05, 4.69) is 10.2 Å². The molecule has 4 N–H and O–H groups in total. The van der Waals surface area contributed by atoms with Crippen molar-refractivity contribution in [3.8, 4) is 0 Å². The molecule has 1 aromatic heterocycles. The number of nitrogens with two attached hydrogens (primary N) is 1. The summed E-state index contributed by atoms with van der Waals surface area (Å²) in [5, 5.41) is 16.1. The first kappa shape index (κ1) is 11.7. The number of hydrogen-bond acceptors (Lipinski definition) is 5. The summed E-state index contributed by atoms with van der Waals surface area (Å²) >= 11 is 1.36. The van der Waals surface area contributed by atoms with Gasteiger partial charge in [0.15, 0.2) is 5.16 Å². The highest BCUT2D eigenvalue weighted by Crippen LogP contribution is 2.36. The lowest BCUT2D eigenvalue weighted by Gasteiger charge is -2.16. The molecule has 2 atom stereocenters. The Morgan fingerprint density at radius 3 is 2.94 bits per heavy atom. The molecule has 0 aliphatic heterocycles. The Morgan fingerprint density at radius 2 is 2.44 bits per heavy atom. The number of nitrogens with one attached hydrogen (secondary N) is 1. The summed E-state index contributed by atoms with van der Waals surface area (Å²) in [6.45, 7) is 1.81. The van der Waals surface area contributed by atoms with E-state index in [-0.39, 0.29) is 29.6 Å². The number of nitrogens with zero attached hydrogens (tertiary/aromatic N) is 2. The summed E-state index contributed by atoms with van der Waals surface area (Å²) in [5.41, 5.74) is 5.56. The van der Waals surface area contributed by atoms with Gasteiger partial charge in [-0.2, -0.15) is 0 Å². The quantitative estimate of drug-likeness (QED) is 0.618. The fourth-order valence-corrected chi connectivity index (χ4v) is 2.48. The zero-order valence-electron chi connectivity index (χ0n) is 9.09. The second kappa shape index (κ2) is 4.60. The van der Waals surface area contributed by atoms with Crippen LogP contribution in [-0.2, 0) is 0 Å². The van der Waals surface area contributed by atoms with Crippen molar-refractivity contribution >= 4 is 11.8 Å². The van der Waals surface area contributed by atoms with Crippen LogP contribution in [0.5, 0.6) is 0 Å². The molecule has 90 valence electrons. The van der Waals surface area contributed by atoms with Gasteiger partial charge in [-0.25, -0.2) is 9.89 Å². The van der Waals surface area contributed by atoms with E-state index in [4.69, 9.17) is 5.73 Å². The average Bonchev–Trinajstić information content (AvgIpc) is 3.00. The standard InChI is InChI=1S/C9H16N4O2S/c1-5(10)7(4-14)16-9-12-11-8(15)13(9)6-2-3-6/h5-7,14H,2-4,10H2,1H3,(H,11,15). The lowest BCUT2D eigenvalue weighted by molar-refractivity contribution is 0.285. The minimum Gasteiger partial charge on any atom is -0.395 e. The molecule has 1 aliphatic carbocycles. The van der Waals surface area contributed by atoms with Crippen molar-refractivity contribution in [2.24, 2.45) is 5.73 Å². The van der Waals surface area contributed by atoms with Gasteiger partial charge in [0.1, 0.15) is 0 Å². The molecule has 0 saturated heterocycles. The predicted octanol–water partition coefficient (Wildman–Crippen LogP) is -0.294. The molecule has 0 radical (unpaired) electrons. The molecule has 7 heteroatoms. The molecule has 1 aliphatic rings. The maximum absolute atomic E-state index is 11.5. The highest BCUT2D eigenvalue weighted by atomic mass is 32.2. The molecular formula is C9H16N4O2S. The molecule has 1 aromatic rings. The number of rotatable bonds is 5. The first-order valence-corrected chi connectivity index (χ1v) is 6.21. The average molecular weight is 244 g/mol. The van der Waals surface area contributed by atoms with Crippen LogP contribution in [0, 0.1) is 0 Å². The number of thioether (sulfide) groups is 1. The summed E-state index contributed by atoms with van der Waals surface area (Å²) in [6, 6.07) is 0.135. The second-order valence-corrected chi connectivity index (χ2v) is 5.32. The summed E-state index contributed by atoms with van der Waals surface area (Å²) in [4.78, 5) is 11.5. The van der Waals surface area contributed by atoms with E-state index in [9.17, 15) is 9.90 Å². The lowest BCUT2D eigenvalue weighted by Crippen LogP contribution is -2.32. The van der Waals surface area contributed by atoms with Crippen LogP contribution in [0.1, 0.15) is 25.8 Å². The van der Waals surface area contributed by atoms with Crippen LogP contribution in [0.4, 0.5) is 0 Å². The maximum atomic E-state index is 11.5. The van der Waals surface area contributed by atoms with Crippen LogP contribution in [0.25, 0.3) is 0 Å². The molecule has 0 amide bonds. The van der Waals surface area contributed by atoms with E-state index in [1.54, 1.807) is 4.57 Å². The summed E-state index contributed by atoms with van der Waals surface area (Å²) < 4.78 is 1.66. The van der Waals surface area contributed by atoms with E-state index >= 15 is 0 Å². The highest BCUT2D eigenvalue weighted by Gasteiger charge is 2.30. The highest BCUT2D eigenvalue weighted by molar-refractivity contribution is 7.99. The molecular weight excluding hydrogens is 228 g/mol. The molecule has 6 nitrogen and oxygen atoms in total. The number of aliphatic hydroxyl groups excluding tert-OH is 1. The molecule has 2 rings (SSSR count). The van der Waals surface area contributed by atoms with Gasteiger partial charge < -0.3 is 10.8 Å². The number of aromatic amines is 1. The Kier molecular flexibility index (Phi) is 3.36. The maximum Gasteiger partial charge on any atom is 0.344 e. The van der Waals surface area contributed by atoms with Gasteiger partial charge in [0.05, 0.1) is 11.9 Å². The van der Waals surface area contributed by atoms with Crippen molar-refractivity contribution < 1.29 is 5.11 Å². The van der Waals surface area contributed by atoms with Crippen molar-refractivity contribution in [2.75, 3.05) is 6.61 Å². The van der Waals surface area contributed by atoms with Gasteiger partial charge >= 0.3 is 5.69 Å². The Labute approximate surface area is 97.2 Å². The normalized spacial score (nSPS) is 19.7. The van der Waals surface area contributed by atoms with Crippen molar-refractivity contribution in [1.82, 2.24) is 14.8 Å². The van der Waals surface area contributed by atoms with E-state index < -0.39 is 0 Å². The molecule has 1 fully saturated rings. The van der Waals surface area contributed by atoms with Crippen molar-refractivity contribution in [3.05, 3.63) is 10.5 Å². The monoisotopic (exact) mass is 244 g/mol. The van der Waals surface area contributed by atoms with Gasteiger partial charge in [-0.05, 0) is 19.8 Å². The largest absolute Gasteiger partial charge is 0.395 e. The molecule has 0 aromatic carbocycles.